The molecule has 0 saturated carbocycles. The van der Waals surface area contributed by atoms with Gasteiger partial charge in [0, 0.05) is 13.1 Å². The minimum atomic E-state index is -0.472. The molecule has 124 valence electrons. The van der Waals surface area contributed by atoms with E-state index in [-0.39, 0.29) is 11.9 Å². The summed E-state index contributed by atoms with van der Waals surface area (Å²) in [6.07, 6.45) is 0.754. The fourth-order valence-corrected chi connectivity index (χ4v) is 1.26. The van der Waals surface area contributed by atoms with Crippen LogP contribution in [-0.2, 0) is 19.1 Å². The largest absolute Gasteiger partial charge is 0.464 e. The molecule has 0 spiro atoms. The first-order valence-electron chi connectivity index (χ1n) is 7.53. The molecule has 0 aromatic carbocycles. The Morgan fingerprint density at radius 3 is 1.71 bits per heavy atom. The van der Waals surface area contributed by atoms with E-state index in [0.29, 0.717) is 26.3 Å². The number of carbonyl (C=O) groups excluding carboxylic acids is 2. The van der Waals surface area contributed by atoms with Crippen LogP contribution in [0, 0.1) is 10.8 Å². The number of esters is 2. The predicted octanol–water partition coefficient (Wildman–Crippen LogP) is 2.49. The van der Waals surface area contributed by atoms with Crippen molar-refractivity contribution in [2.24, 2.45) is 10.8 Å². The Hall–Kier alpha value is -1.10. The molecule has 0 rings (SSSR count). The van der Waals surface area contributed by atoms with Crippen LogP contribution in [-0.4, -0.2) is 50.2 Å². The molecule has 0 amide bonds. The third-order valence-electron chi connectivity index (χ3n) is 3.46. The van der Waals surface area contributed by atoms with E-state index in [4.69, 9.17) is 9.47 Å². The van der Waals surface area contributed by atoms with E-state index in [1.165, 1.54) is 0 Å². The van der Waals surface area contributed by atoms with Gasteiger partial charge in [-0.25, -0.2) is 0 Å². The summed E-state index contributed by atoms with van der Waals surface area (Å²) in [5.41, 5.74) is -0.902. The van der Waals surface area contributed by atoms with Gasteiger partial charge in [0.2, 0.25) is 0 Å². The number of likely N-dealkylation sites (N-methyl/N-ethyl adjacent to an activating group) is 1. The summed E-state index contributed by atoms with van der Waals surface area (Å²) >= 11 is 0. The van der Waals surface area contributed by atoms with Gasteiger partial charge in [-0.1, -0.05) is 6.92 Å². The monoisotopic (exact) mass is 301 g/mol. The number of hydrogen-bond acceptors (Lipinski definition) is 5. The molecule has 0 aliphatic rings. The Bertz CT molecular complexity index is 345. The third-order valence-corrected chi connectivity index (χ3v) is 3.46. The van der Waals surface area contributed by atoms with Crippen molar-refractivity contribution in [1.82, 2.24) is 4.90 Å². The zero-order valence-electron chi connectivity index (χ0n) is 14.6. The van der Waals surface area contributed by atoms with Crippen molar-refractivity contribution in [3.05, 3.63) is 0 Å². The van der Waals surface area contributed by atoms with Gasteiger partial charge >= 0.3 is 11.9 Å². The molecule has 0 saturated heterocycles. The maximum Gasteiger partial charge on any atom is 0.311 e. The molecule has 0 radical (unpaired) electrons. The van der Waals surface area contributed by atoms with Crippen molar-refractivity contribution < 1.29 is 19.1 Å². The smallest absolute Gasteiger partial charge is 0.311 e. The molecule has 0 aliphatic heterocycles. The van der Waals surface area contributed by atoms with E-state index in [9.17, 15) is 9.59 Å². The summed E-state index contributed by atoms with van der Waals surface area (Å²) < 4.78 is 10.4. The van der Waals surface area contributed by atoms with Crippen LogP contribution in [0.2, 0.25) is 0 Å². The van der Waals surface area contributed by atoms with E-state index < -0.39 is 10.8 Å². The number of hydrogen-bond donors (Lipinski definition) is 0. The first-order valence-corrected chi connectivity index (χ1v) is 7.53. The standard InChI is InChI=1S/C16H31NO4/c1-8-16(5,6)14(19)21-12-10-17(7)9-11-20-13(18)15(2,3)4/h8-12H2,1-7H3. The van der Waals surface area contributed by atoms with E-state index in [2.05, 4.69) is 0 Å². The molecule has 0 heterocycles. The van der Waals surface area contributed by atoms with Gasteiger partial charge in [0.1, 0.15) is 13.2 Å². The highest BCUT2D eigenvalue weighted by Gasteiger charge is 2.27. The second-order valence-corrected chi connectivity index (χ2v) is 7.06. The van der Waals surface area contributed by atoms with Crippen LogP contribution in [0.1, 0.15) is 48.0 Å². The Labute approximate surface area is 129 Å². The Morgan fingerprint density at radius 2 is 1.33 bits per heavy atom. The average Bonchev–Trinajstić information content (AvgIpc) is 2.37. The maximum atomic E-state index is 11.8. The molecule has 5 nitrogen and oxygen atoms in total. The van der Waals surface area contributed by atoms with Crippen LogP contribution in [0.3, 0.4) is 0 Å². The summed E-state index contributed by atoms with van der Waals surface area (Å²) in [5.74, 6) is -0.371. The van der Waals surface area contributed by atoms with Crippen LogP contribution in [0.5, 0.6) is 0 Å². The molecule has 0 unspecified atom stereocenters. The molecule has 0 N–H and O–H groups in total. The highest BCUT2D eigenvalue weighted by Crippen LogP contribution is 2.21. The zero-order valence-corrected chi connectivity index (χ0v) is 14.6. The van der Waals surface area contributed by atoms with Crippen molar-refractivity contribution in [3.8, 4) is 0 Å². The topological polar surface area (TPSA) is 55.8 Å². The van der Waals surface area contributed by atoms with Crippen molar-refractivity contribution in [3.63, 3.8) is 0 Å². The van der Waals surface area contributed by atoms with Gasteiger partial charge < -0.3 is 9.47 Å². The summed E-state index contributed by atoms with van der Waals surface area (Å²) in [5, 5.41) is 0. The fraction of sp³-hybridized carbons (Fsp3) is 0.875. The first-order chi connectivity index (χ1) is 9.50. The van der Waals surface area contributed by atoms with E-state index in [0.717, 1.165) is 6.42 Å². The SMILES string of the molecule is CCC(C)(C)C(=O)OCCN(C)CCOC(=O)C(C)(C)C. The summed E-state index contributed by atoms with van der Waals surface area (Å²) in [7, 11) is 1.91. The molecule has 0 aromatic rings. The van der Waals surface area contributed by atoms with Gasteiger partial charge in [-0.2, -0.15) is 0 Å². The lowest BCUT2D eigenvalue weighted by molar-refractivity contribution is -0.154. The summed E-state index contributed by atoms with van der Waals surface area (Å²) in [6.45, 7) is 13.2. The molecule has 0 aromatic heterocycles. The average molecular weight is 301 g/mol. The maximum absolute atomic E-state index is 11.8. The number of rotatable bonds is 8. The summed E-state index contributed by atoms with van der Waals surface area (Å²) in [4.78, 5) is 25.3. The van der Waals surface area contributed by atoms with E-state index in [1.54, 1.807) is 0 Å². The second kappa shape index (κ2) is 8.37. The molecule has 0 aliphatic carbocycles. The molecule has 5 heteroatoms. The van der Waals surface area contributed by atoms with Crippen LogP contribution in [0.4, 0.5) is 0 Å². The van der Waals surface area contributed by atoms with Crippen LogP contribution in [0.25, 0.3) is 0 Å². The molecule has 0 atom stereocenters. The predicted molar refractivity (Wildman–Crippen MR) is 82.9 cm³/mol. The van der Waals surface area contributed by atoms with Gasteiger partial charge in [-0.15, -0.1) is 0 Å². The minimum absolute atomic E-state index is 0.169. The zero-order chi connectivity index (χ0) is 16.7. The molecule has 0 fully saturated rings. The second-order valence-electron chi connectivity index (χ2n) is 7.06. The lowest BCUT2D eigenvalue weighted by atomic mass is 9.91. The molecular weight excluding hydrogens is 270 g/mol. The van der Waals surface area contributed by atoms with Crippen molar-refractivity contribution >= 4 is 11.9 Å². The van der Waals surface area contributed by atoms with Crippen LogP contribution in [0.15, 0.2) is 0 Å². The normalized spacial score (nSPS) is 12.4. The minimum Gasteiger partial charge on any atom is -0.464 e. The van der Waals surface area contributed by atoms with E-state index in [1.807, 2.05) is 53.5 Å². The van der Waals surface area contributed by atoms with Crippen molar-refractivity contribution in [2.45, 2.75) is 48.0 Å². The van der Waals surface area contributed by atoms with Crippen molar-refractivity contribution in [1.29, 1.82) is 0 Å². The fourth-order valence-electron chi connectivity index (χ4n) is 1.26. The number of nitrogens with zero attached hydrogens (tertiary/aromatic N) is 1. The highest BCUT2D eigenvalue weighted by atomic mass is 16.5. The Kier molecular flexibility index (Phi) is 7.93. The van der Waals surface area contributed by atoms with Crippen LogP contribution >= 0.6 is 0 Å². The highest BCUT2D eigenvalue weighted by molar-refractivity contribution is 5.76. The quantitative estimate of drug-likeness (QED) is 0.645. The Balaban J connectivity index is 3.85. The third kappa shape index (κ3) is 8.05. The van der Waals surface area contributed by atoms with E-state index >= 15 is 0 Å². The van der Waals surface area contributed by atoms with Gasteiger partial charge in [0.05, 0.1) is 10.8 Å². The molecular formula is C16H31NO4. The number of ether oxygens (including phenoxy) is 2. The van der Waals surface area contributed by atoms with Gasteiger partial charge in [0.15, 0.2) is 0 Å². The number of carbonyl (C=O) groups is 2. The Morgan fingerprint density at radius 1 is 0.905 bits per heavy atom. The lowest BCUT2D eigenvalue weighted by Crippen LogP contribution is -2.32. The van der Waals surface area contributed by atoms with Crippen molar-refractivity contribution in [2.75, 3.05) is 33.4 Å². The summed E-state index contributed by atoms with van der Waals surface area (Å²) in [6, 6.07) is 0. The molecule has 21 heavy (non-hydrogen) atoms. The van der Waals surface area contributed by atoms with Gasteiger partial charge in [-0.3, -0.25) is 14.5 Å². The van der Waals surface area contributed by atoms with Crippen LogP contribution < -0.4 is 0 Å². The lowest BCUT2D eigenvalue weighted by Gasteiger charge is -2.22. The van der Waals surface area contributed by atoms with Gasteiger partial charge in [-0.05, 0) is 48.1 Å². The van der Waals surface area contributed by atoms with Gasteiger partial charge in [0.25, 0.3) is 0 Å². The first kappa shape index (κ1) is 19.9. The molecule has 0 bridgehead atoms.